The first-order valence-electron chi connectivity index (χ1n) is 11.0. The lowest BCUT2D eigenvalue weighted by molar-refractivity contribution is -0.00756. The van der Waals surface area contributed by atoms with Crippen molar-refractivity contribution in [1.29, 1.82) is 0 Å². The standard InChI is InChI=1S/C25H32F2N2O3/c1-17(2)15-31-16-21(30)13-29(12-19-8-9-20(26)10-24(19)27)14-22-11-25(28-32-22)23-7-5-4-6-18(23)3/h4-10,17,21-22,30H,11-16H2,1-3H3. The molecule has 1 N–H and O–H groups in total. The number of benzene rings is 2. The summed E-state index contributed by atoms with van der Waals surface area (Å²) < 4.78 is 33.1. The van der Waals surface area contributed by atoms with Crippen molar-refractivity contribution in [2.45, 2.75) is 45.9 Å². The van der Waals surface area contributed by atoms with Crippen molar-refractivity contribution in [3.8, 4) is 0 Å². The lowest BCUT2D eigenvalue weighted by atomic mass is 10.00. The van der Waals surface area contributed by atoms with E-state index in [2.05, 4.69) is 5.16 Å². The Kier molecular flexibility index (Phi) is 8.73. The van der Waals surface area contributed by atoms with Gasteiger partial charge in [0.15, 0.2) is 0 Å². The summed E-state index contributed by atoms with van der Waals surface area (Å²) in [5.74, 6) is -0.851. The fraction of sp³-hybridized carbons (Fsp3) is 0.480. The maximum Gasteiger partial charge on any atom is 0.145 e. The highest BCUT2D eigenvalue weighted by Gasteiger charge is 2.27. The fourth-order valence-corrected chi connectivity index (χ4v) is 3.76. The van der Waals surface area contributed by atoms with Crippen molar-refractivity contribution in [3.63, 3.8) is 0 Å². The molecule has 2 atom stereocenters. The van der Waals surface area contributed by atoms with Crippen LogP contribution in [0.25, 0.3) is 0 Å². The van der Waals surface area contributed by atoms with Crippen LogP contribution in [0.4, 0.5) is 8.78 Å². The zero-order valence-corrected chi connectivity index (χ0v) is 18.9. The van der Waals surface area contributed by atoms with E-state index in [1.54, 1.807) is 0 Å². The molecule has 0 radical (unpaired) electrons. The summed E-state index contributed by atoms with van der Waals surface area (Å²) in [6.45, 7) is 7.79. The third-order valence-electron chi connectivity index (χ3n) is 5.29. The Morgan fingerprint density at radius 1 is 1.19 bits per heavy atom. The van der Waals surface area contributed by atoms with Crippen molar-refractivity contribution < 1.29 is 23.5 Å². The zero-order chi connectivity index (χ0) is 23.1. The summed E-state index contributed by atoms with van der Waals surface area (Å²) >= 11 is 0. The Bertz CT molecular complexity index is 920. The van der Waals surface area contributed by atoms with Crippen molar-refractivity contribution in [2.75, 3.05) is 26.3 Å². The van der Waals surface area contributed by atoms with Gasteiger partial charge in [-0.05, 0) is 24.5 Å². The number of nitrogens with zero attached hydrogens (tertiary/aromatic N) is 2. The van der Waals surface area contributed by atoms with Crippen LogP contribution in [-0.2, 0) is 16.1 Å². The molecule has 0 saturated heterocycles. The maximum absolute atomic E-state index is 14.3. The van der Waals surface area contributed by atoms with Crippen LogP contribution in [0.2, 0.25) is 0 Å². The van der Waals surface area contributed by atoms with Crippen LogP contribution < -0.4 is 0 Å². The summed E-state index contributed by atoms with van der Waals surface area (Å²) in [6, 6.07) is 11.5. The van der Waals surface area contributed by atoms with Crippen LogP contribution in [0, 0.1) is 24.5 Å². The number of hydrogen-bond acceptors (Lipinski definition) is 5. The van der Waals surface area contributed by atoms with Crippen LogP contribution in [0.1, 0.15) is 37.0 Å². The predicted octanol–water partition coefficient (Wildman–Crippen LogP) is 4.30. The highest BCUT2D eigenvalue weighted by molar-refractivity contribution is 6.02. The van der Waals surface area contributed by atoms with Gasteiger partial charge in [-0.25, -0.2) is 8.78 Å². The molecule has 1 heterocycles. The molecule has 0 spiro atoms. The van der Waals surface area contributed by atoms with Gasteiger partial charge in [0.05, 0.1) is 18.4 Å². The number of halogens is 2. The third-order valence-corrected chi connectivity index (χ3v) is 5.29. The lowest BCUT2D eigenvalue weighted by Gasteiger charge is -2.27. The average Bonchev–Trinajstić information content (AvgIpc) is 3.18. The van der Waals surface area contributed by atoms with Gasteiger partial charge in [-0.3, -0.25) is 4.90 Å². The molecule has 0 fully saturated rings. The second-order valence-corrected chi connectivity index (χ2v) is 8.80. The summed E-state index contributed by atoms with van der Waals surface area (Å²) in [5, 5.41) is 14.7. The molecule has 32 heavy (non-hydrogen) atoms. The summed E-state index contributed by atoms with van der Waals surface area (Å²) in [7, 11) is 0. The molecule has 2 unspecified atom stereocenters. The predicted molar refractivity (Wildman–Crippen MR) is 121 cm³/mol. The monoisotopic (exact) mass is 446 g/mol. The van der Waals surface area contributed by atoms with Crippen LogP contribution in [0.3, 0.4) is 0 Å². The van der Waals surface area contributed by atoms with Crippen molar-refractivity contribution >= 4 is 5.71 Å². The van der Waals surface area contributed by atoms with E-state index in [1.807, 2.05) is 49.9 Å². The molecule has 0 bridgehead atoms. The molecule has 1 aliphatic heterocycles. The van der Waals surface area contributed by atoms with Gasteiger partial charge in [-0.15, -0.1) is 0 Å². The molecule has 0 aliphatic carbocycles. The number of aliphatic hydroxyl groups excluding tert-OH is 1. The third kappa shape index (κ3) is 7.08. The van der Waals surface area contributed by atoms with E-state index in [-0.39, 0.29) is 25.8 Å². The number of oxime groups is 1. The highest BCUT2D eigenvalue weighted by Crippen LogP contribution is 2.21. The molecule has 1 aliphatic rings. The van der Waals surface area contributed by atoms with Gasteiger partial charge in [0.25, 0.3) is 0 Å². The summed E-state index contributed by atoms with van der Waals surface area (Å²) in [4.78, 5) is 7.57. The molecule has 2 aromatic rings. The van der Waals surface area contributed by atoms with Crippen LogP contribution in [0.15, 0.2) is 47.6 Å². The minimum absolute atomic E-state index is 0.192. The number of rotatable bonds is 11. The van der Waals surface area contributed by atoms with E-state index in [1.165, 1.54) is 12.1 Å². The van der Waals surface area contributed by atoms with E-state index >= 15 is 0 Å². The largest absolute Gasteiger partial charge is 0.390 e. The fourth-order valence-electron chi connectivity index (χ4n) is 3.76. The molecule has 5 nitrogen and oxygen atoms in total. The summed E-state index contributed by atoms with van der Waals surface area (Å²) in [6.07, 6.45) is -0.347. The number of aryl methyl sites for hydroxylation is 1. The Hall–Kier alpha value is -2.35. The van der Waals surface area contributed by atoms with Crippen molar-refractivity contribution in [2.24, 2.45) is 11.1 Å². The van der Waals surface area contributed by atoms with E-state index in [0.717, 1.165) is 22.9 Å². The molecule has 0 saturated carbocycles. The van der Waals surface area contributed by atoms with Crippen LogP contribution in [-0.4, -0.2) is 54.2 Å². The molecule has 0 aromatic heterocycles. The van der Waals surface area contributed by atoms with Crippen LogP contribution in [0.5, 0.6) is 0 Å². The van der Waals surface area contributed by atoms with Gasteiger partial charge in [0.1, 0.15) is 17.7 Å². The molecular formula is C25H32F2N2O3. The van der Waals surface area contributed by atoms with Gasteiger partial charge in [0.2, 0.25) is 0 Å². The van der Waals surface area contributed by atoms with E-state index in [4.69, 9.17) is 9.57 Å². The van der Waals surface area contributed by atoms with Gasteiger partial charge in [-0.2, -0.15) is 0 Å². The first-order chi connectivity index (χ1) is 15.3. The molecule has 174 valence electrons. The smallest absolute Gasteiger partial charge is 0.145 e. The number of aliphatic hydroxyl groups is 1. The van der Waals surface area contributed by atoms with Gasteiger partial charge < -0.3 is 14.7 Å². The lowest BCUT2D eigenvalue weighted by Crippen LogP contribution is -2.39. The van der Waals surface area contributed by atoms with Crippen molar-refractivity contribution in [1.82, 2.24) is 4.90 Å². The SMILES string of the molecule is Cc1ccccc1C1=NOC(CN(Cc2ccc(F)cc2F)CC(O)COCC(C)C)C1. The Balaban J connectivity index is 1.64. The normalized spacial score (nSPS) is 17.0. The second-order valence-electron chi connectivity index (χ2n) is 8.80. The first-order valence-corrected chi connectivity index (χ1v) is 11.0. The van der Waals surface area contributed by atoms with Crippen molar-refractivity contribution in [3.05, 3.63) is 70.8 Å². The maximum atomic E-state index is 14.3. The van der Waals surface area contributed by atoms with Gasteiger partial charge in [-0.1, -0.05) is 49.3 Å². The minimum atomic E-state index is -0.740. The summed E-state index contributed by atoms with van der Waals surface area (Å²) in [5.41, 5.74) is 3.41. The Morgan fingerprint density at radius 3 is 2.69 bits per heavy atom. The topological polar surface area (TPSA) is 54.3 Å². The Morgan fingerprint density at radius 2 is 1.97 bits per heavy atom. The first kappa shape index (κ1) is 24.3. The van der Waals surface area contributed by atoms with E-state index in [0.29, 0.717) is 31.1 Å². The highest BCUT2D eigenvalue weighted by atomic mass is 19.1. The van der Waals surface area contributed by atoms with Gasteiger partial charge in [0, 0.05) is 49.9 Å². The molecule has 2 aromatic carbocycles. The molecule has 7 heteroatoms. The molecule has 0 amide bonds. The zero-order valence-electron chi connectivity index (χ0n) is 18.9. The van der Waals surface area contributed by atoms with Crippen LogP contribution >= 0.6 is 0 Å². The van der Waals surface area contributed by atoms with E-state index in [9.17, 15) is 13.9 Å². The second kappa shape index (κ2) is 11.5. The van der Waals surface area contributed by atoms with E-state index < -0.39 is 17.7 Å². The molecule has 3 rings (SSSR count). The molecular weight excluding hydrogens is 414 g/mol. The number of hydrogen-bond donors (Lipinski definition) is 1. The number of ether oxygens (including phenoxy) is 1. The minimum Gasteiger partial charge on any atom is -0.390 e. The Labute approximate surface area is 188 Å². The average molecular weight is 447 g/mol. The van der Waals surface area contributed by atoms with Gasteiger partial charge >= 0.3 is 0 Å². The quantitative estimate of drug-likeness (QED) is 0.559.